The van der Waals surface area contributed by atoms with Gasteiger partial charge >= 0.3 is 5.97 Å². The summed E-state index contributed by atoms with van der Waals surface area (Å²) in [5.74, 6) is -0.966. The van der Waals surface area contributed by atoms with Gasteiger partial charge in [-0.3, -0.25) is 0 Å². The Bertz CT molecular complexity index is 1530. The van der Waals surface area contributed by atoms with Gasteiger partial charge in [-0.05, 0) is 41.3 Å². The van der Waals surface area contributed by atoms with Gasteiger partial charge in [-0.1, -0.05) is 104 Å². The Kier molecular flexibility index (Phi) is 6.59. The van der Waals surface area contributed by atoms with Gasteiger partial charge in [-0.15, -0.1) is 0 Å². The molecule has 1 aromatic heterocycles. The summed E-state index contributed by atoms with van der Waals surface area (Å²) < 4.78 is 2.07. The van der Waals surface area contributed by atoms with Crippen LogP contribution in [-0.4, -0.2) is 20.9 Å². The van der Waals surface area contributed by atoms with Crippen molar-refractivity contribution in [3.8, 4) is 39.2 Å². The topological polar surface area (TPSA) is 55.1 Å². The van der Waals surface area contributed by atoms with Crippen molar-refractivity contribution in [2.45, 2.75) is 13.3 Å². The summed E-state index contributed by atoms with van der Waals surface area (Å²) in [4.78, 5) is 11.0. The SMILES string of the molecule is CCc1c(-c2ccccc2)c(-c2ccccc2)nn1-c1ccccc1-c1cccc(/C=C/C(=O)O)c1. The van der Waals surface area contributed by atoms with Crippen molar-refractivity contribution in [3.05, 3.63) is 127 Å². The fraction of sp³-hybridized carbons (Fsp3) is 0.0625. The van der Waals surface area contributed by atoms with E-state index in [0.717, 1.165) is 63.0 Å². The molecule has 176 valence electrons. The Morgan fingerprint density at radius 1 is 0.806 bits per heavy atom. The van der Waals surface area contributed by atoms with E-state index < -0.39 is 5.97 Å². The van der Waals surface area contributed by atoms with Crippen molar-refractivity contribution < 1.29 is 9.90 Å². The lowest BCUT2D eigenvalue weighted by molar-refractivity contribution is -0.131. The van der Waals surface area contributed by atoms with E-state index in [1.54, 1.807) is 6.08 Å². The molecule has 0 saturated heterocycles. The number of para-hydroxylation sites is 1. The third-order valence-electron chi connectivity index (χ3n) is 6.17. The molecule has 4 nitrogen and oxygen atoms in total. The lowest BCUT2D eigenvalue weighted by atomic mass is 9.97. The lowest BCUT2D eigenvalue weighted by Gasteiger charge is -2.14. The van der Waals surface area contributed by atoms with Crippen LogP contribution in [0.25, 0.3) is 45.3 Å². The van der Waals surface area contributed by atoms with Crippen molar-refractivity contribution in [2.24, 2.45) is 0 Å². The van der Waals surface area contributed by atoms with E-state index >= 15 is 0 Å². The number of nitrogens with zero attached hydrogens (tertiary/aromatic N) is 2. The summed E-state index contributed by atoms with van der Waals surface area (Å²) >= 11 is 0. The van der Waals surface area contributed by atoms with Crippen LogP contribution < -0.4 is 0 Å². The van der Waals surface area contributed by atoms with Crippen molar-refractivity contribution in [3.63, 3.8) is 0 Å². The molecule has 0 fully saturated rings. The maximum atomic E-state index is 11.0. The van der Waals surface area contributed by atoms with Crippen molar-refractivity contribution in [2.75, 3.05) is 0 Å². The Morgan fingerprint density at radius 3 is 2.14 bits per heavy atom. The second-order valence-electron chi connectivity index (χ2n) is 8.48. The average molecular weight is 471 g/mol. The van der Waals surface area contributed by atoms with Gasteiger partial charge in [0, 0.05) is 22.8 Å². The molecule has 4 heteroatoms. The van der Waals surface area contributed by atoms with E-state index in [2.05, 4.69) is 60.1 Å². The monoisotopic (exact) mass is 470 g/mol. The molecular weight excluding hydrogens is 444 g/mol. The first kappa shape index (κ1) is 23.1. The van der Waals surface area contributed by atoms with Crippen LogP contribution in [0.15, 0.2) is 115 Å². The van der Waals surface area contributed by atoms with Gasteiger partial charge in [0.25, 0.3) is 0 Å². The van der Waals surface area contributed by atoms with Crippen molar-refractivity contribution in [1.29, 1.82) is 0 Å². The van der Waals surface area contributed by atoms with Crippen molar-refractivity contribution in [1.82, 2.24) is 9.78 Å². The molecule has 0 atom stereocenters. The first-order chi connectivity index (χ1) is 17.7. The molecule has 4 aromatic carbocycles. The average Bonchev–Trinajstić information content (AvgIpc) is 3.32. The van der Waals surface area contributed by atoms with Crippen LogP contribution >= 0.6 is 0 Å². The molecule has 0 aliphatic carbocycles. The molecule has 1 heterocycles. The fourth-order valence-corrected chi connectivity index (χ4v) is 4.56. The predicted molar refractivity (Wildman–Crippen MR) is 146 cm³/mol. The highest BCUT2D eigenvalue weighted by atomic mass is 16.4. The molecule has 0 aliphatic heterocycles. The van der Waals surface area contributed by atoms with E-state index in [0.29, 0.717) is 0 Å². The highest BCUT2D eigenvalue weighted by molar-refractivity contribution is 5.86. The molecule has 0 spiro atoms. The fourth-order valence-electron chi connectivity index (χ4n) is 4.56. The molecular formula is C32H26N2O2. The number of carboxylic acids is 1. The molecule has 0 aliphatic rings. The third-order valence-corrected chi connectivity index (χ3v) is 6.17. The molecule has 0 saturated carbocycles. The lowest BCUT2D eigenvalue weighted by Crippen LogP contribution is -2.04. The Labute approximate surface area is 210 Å². The molecule has 5 rings (SSSR count). The highest BCUT2D eigenvalue weighted by Gasteiger charge is 2.22. The largest absolute Gasteiger partial charge is 0.478 e. The van der Waals surface area contributed by atoms with Crippen molar-refractivity contribution >= 4 is 12.0 Å². The maximum absolute atomic E-state index is 11.0. The minimum Gasteiger partial charge on any atom is -0.478 e. The van der Waals surface area contributed by atoms with Crippen LogP contribution in [0.5, 0.6) is 0 Å². The van der Waals surface area contributed by atoms with E-state index in [1.807, 2.05) is 60.7 Å². The second kappa shape index (κ2) is 10.3. The summed E-state index contributed by atoms with van der Waals surface area (Å²) in [7, 11) is 0. The van der Waals surface area contributed by atoms with Gasteiger partial charge in [-0.2, -0.15) is 5.10 Å². The number of rotatable bonds is 7. The first-order valence-electron chi connectivity index (χ1n) is 12.0. The van der Waals surface area contributed by atoms with Crippen LogP contribution in [0.3, 0.4) is 0 Å². The number of aromatic nitrogens is 2. The smallest absolute Gasteiger partial charge is 0.328 e. The molecule has 0 radical (unpaired) electrons. The Balaban J connectivity index is 1.73. The summed E-state index contributed by atoms with van der Waals surface area (Å²) in [6, 6.07) is 36.8. The van der Waals surface area contributed by atoms with E-state index in [9.17, 15) is 4.79 Å². The van der Waals surface area contributed by atoms with Crippen LogP contribution in [0.4, 0.5) is 0 Å². The molecule has 0 amide bonds. The Hall–Kier alpha value is -4.70. The van der Waals surface area contributed by atoms with Crippen LogP contribution in [0, 0.1) is 0 Å². The molecule has 0 unspecified atom stereocenters. The van der Waals surface area contributed by atoms with E-state index in [1.165, 1.54) is 0 Å². The number of hydrogen-bond acceptors (Lipinski definition) is 2. The second-order valence-corrected chi connectivity index (χ2v) is 8.48. The molecule has 5 aromatic rings. The third kappa shape index (κ3) is 4.62. The minimum absolute atomic E-state index is 0.805. The summed E-state index contributed by atoms with van der Waals surface area (Å²) in [5, 5.41) is 14.2. The zero-order valence-corrected chi connectivity index (χ0v) is 20.0. The zero-order chi connectivity index (χ0) is 24.9. The van der Waals surface area contributed by atoms with Crippen LogP contribution in [0.2, 0.25) is 0 Å². The van der Waals surface area contributed by atoms with Gasteiger partial charge in [-0.25, -0.2) is 9.48 Å². The van der Waals surface area contributed by atoms with Gasteiger partial charge in [0.1, 0.15) is 5.69 Å². The predicted octanol–water partition coefficient (Wildman–Crippen LogP) is 7.53. The van der Waals surface area contributed by atoms with E-state index in [4.69, 9.17) is 10.2 Å². The zero-order valence-electron chi connectivity index (χ0n) is 20.0. The number of aliphatic carboxylic acids is 1. The first-order valence-corrected chi connectivity index (χ1v) is 12.0. The van der Waals surface area contributed by atoms with Gasteiger partial charge < -0.3 is 5.11 Å². The van der Waals surface area contributed by atoms with Gasteiger partial charge in [0.15, 0.2) is 0 Å². The standard InChI is InChI=1S/C32H26N2O2/c1-2-28-31(24-13-5-3-6-14-24)32(25-15-7-4-8-16-25)33-34(28)29-19-10-9-18-27(29)26-17-11-12-23(22-26)20-21-30(35)36/h3-22H,2H2,1H3,(H,35,36)/b21-20+. The van der Waals surface area contributed by atoms with Gasteiger partial charge in [0.05, 0.1) is 11.4 Å². The highest BCUT2D eigenvalue weighted by Crippen LogP contribution is 2.38. The summed E-state index contributed by atoms with van der Waals surface area (Å²) in [6.07, 6.45) is 3.58. The van der Waals surface area contributed by atoms with E-state index in [-0.39, 0.29) is 0 Å². The van der Waals surface area contributed by atoms with Gasteiger partial charge in [0.2, 0.25) is 0 Å². The van der Waals surface area contributed by atoms with Crippen LogP contribution in [-0.2, 0) is 11.2 Å². The number of carboxylic acid groups (broad SMARTS) is 1. The molecule has 1 N–H and O–H groups in total. The number of carbonyl (C=O) groups is 1. The molecule has 36 heavy (non-hydrogen) atoms. The quantitative estimate of drug-likeness (QED) is 0.250. The number of hydrogen-bond donors (Lipinski definition) is 1. The normalized spacial score (nSPS) is 11.1. The Morgan fingerprint density at radius 2 is 1.44 bits per heavy atom. The maximum Gasteiger partial charge on any atom is 0.328 e. The van der Waals surface area contributed by atoms with Crippen LogP contribution in [0.1, 0.15) is 18.2 Å². The number of benzene rings is 4. The summed E-state index contributed by atoms with van der Waals surface area (Å²) in [6.45, 7) is 2.16. The minimum atomic E-state index is -0.966. The molecule has 0 bridgehead atoms. The summed E-state index contributed by atoms with van der Waals surface area (Å²) in [5.41, 5.74) is 9.26.